The van der Waals surface area contributed by atoms with Gasteiger partial charge in [0.05, 0.1) is 13.0 Å². The third kappa shape index (κ3) is 4.67. The maximum atomic E-state index is 13.3. The van der Waals surface area contributed by atoms with Gasteiger partial charge in [0, 0.05) is 31.1 Å². The van der Waals surface area contributed by atoms with Crippen LogP contribution >= 0.6 is 0 Å². The molecule has 1 aliphatic rings. The summed E-state index contributed by atoms with van der Waals surface area (Å²) >= 11 is 0. The van der Waals surface area contributed by atoms with Crippen LogP contribution in [0, 0.1) is 12.8 Å². The molecule has 0 aliphatic carbocycles. The summed E-state index contributed by atoms with van der Waals surface area (Å²) in [7, 11) is 1.63. The first-order chi connectivity index (χ1) is 15.6. The minimum Gasteiger partial charge on any atom is -0.497 e. The van der Waals surface area contributed by atoms with Crippen LogP contribution in [0.5, 0.6) is 5.75 Å². The predicted octanol–water partition coefficient (Wildman–Crippen LogP) is 4.18. The number of carbonyl (C=O) groups is 2. The van der Waals surface area contributed by atoms with Gasteiger partial charge in [0.2, 0.25) is 5.91 Å². The average Bonchev–Trinajstić information content (AvgIpc) is 3.29. The summed E-state index contributed by atoms with van der Waals surface area (Å²) in [6.45, 7) is 3.28. The van der Waals surface area contributed by atoms with Crippen molar-refractivity contribution in [3.63, 3.8) is 0 Å². The highest BCUT2D eigenvalue weighted by atomic mass is 16.5. The Morgan fingerprint density at radius 2 is 1.72 bits per heavy atom. The highest BCUT2D eigenvalue weighted by Crippen LogP contribution is 2.35. The molecule has 0 radical (unpaired) electrons. The molecule has 0 unspecified atom stereocenters. The van der Waals surface area contributed by atoms with Gasteiger partial charge in [-0.05, 0) is 41.8 Å². The number of nitrogens with zero attached hydrogens (tertiary/aromatic N) is 1. The van der Waals surface area contributed by atoms with Crippen LogP contribution in [0.15, 0.2) is 78.9 Å². The lowest BCUT2D eigenvalue weighted by Crippen LogP contribution is -2.35. The quantitative estimate of drug-likeness (QED) is 0.641. The zero-order chi connectivity index (χ0) is 22.5. The molecule has 0 bridgehead atoms. The number of hydrogen-bond donors (Lipinski definition) is 1. The van der Waals surface area contributed by atoms with Crippen LogP contribution in [-0.2, 0) is 11.3 Å². The molecule has 1 aliphatic heterocycles. The lowest BCUT2D eigenvalue weighted by atomic mass is 9.88. The minimum atomic E-state index is -0.334. The summed E-state index contributed by atoms with van der Waals surface area (Å²) < 4.78 is 5.39. The van der Waals surface area contributed by atoms with Gasteiger partial charge in [-0.25, -0.2) is 0 Å². The molecule has 2 atom stereocenters. The Balaban J connectivity index is 1.58. The normalized spacial score (nSPS) is 17.8. The van der Waals surface area contributed by atoms with Crippen molar-refractivity contribution in [2.75, 3.05) is 20.2 Å². The smallest absolute Gasteiger partial charge is 0.254 e. The molecule has 4 rings (SSSR count). The molecule has 164 valence electrons. The minimum absolute atomic E-state index is 0.0330. The van der Waals surface area contributed by atoms with E-state index in [0.29, 0.717) is 25.2 Å². The Morgan fingerprint density at radius 1 is 0.969 bits per heavy atom. The fourth-order valence-corrected chi connectivity index (χ4v) is 4.34. The highest BCUT2D eigenvalue weighted by molar-refractivity contribution is 5.96. The second kappa shape index (κ2) is 9.69. The monoisotopic (exact) mass is 428 g/mol. The van der Waals surface area contributed by atoms with Crippen molar-refractivity contribution in [3.8, 4) is 5.75 Å². The lowest BCUT2D eigenvalue weighted by Gasteiger charge is -2.19. The van der Waals surface area contributed by atoms with Gasteiger partial charge in [0.25, 0.3) is 5.91 Å². The van der Waals surface area contributed by atoms with Crippen LogP contribution in [0.3, 0.4) is 0 Å². The molecule has 5 heteroatoms. The van der Waals surface area contributed by atoms with Gasteiger partial charge in [-0.15, -0.1) is 0 Å². The number of benzene rings is 3. The molecular formula is C27H28N2O3. The van der Waals surface area contributed by atoms with E-state index in [9.17, 15) is 9.59 Å². The molecule has 32 heavy (non-hydrogen) atoms. The van der Waals surface area contributed by atoms with Gasteiger partial charge < -0.3 is 15.0 Å². The van der Waals surface area contributed by atoms with Crippen LogP contribution in [-0.4, -0.2) is 36.9 Å². The average molecular weight is 429 g/mol. The Labute approximate surface area is 189 Å². The fraction of sp³-hybridized carbons (Fsp3) is 0.259. The first-order valence-electron chi connectivity index (χ1n) is 10.9. The Hall–Kier alpha value is -3.60. The van der Waals surface area contributed by atoms with E-state index in [4.69, 9.17) is 4.74 Å². The standard InChI is InChI=1S/C27H28N2O3/c1-19-9-6-7-14-23(19)27(31)29-17-24(21-12-8-13-22(15-21)32-2)25(18-29)26(30)28-16-20-10-4-3-5-11-20/h3-15,24-25H,16-18H2,1-2H3,(H,28,30)/t24-,25-/m0/s1. The second-order valence-corrected chi connectivity index (χ2v) is 8.22. The molecule has 3 aromatic carbocycles. The van der Waals surface area contributed by atoms with Crippen molar-refractivity contribution in [1.29, 1.82) is 0 Å². The molecule has 0 saturated carbocycles. The Morgan fingerprint density at radius 3 is 2.47 bits per heavy atom. The zero-order valence-electron chi connectivity index (χ0n) is 18.5. The lowest BCUT2D eigenvalue weighted by molar-refractivity contribution is -0.125. The number of nitrogens with one attached hydrogen (secondary N) is 1. The summed E-state index contributed by atoms with van der Waals surface area (Å²) in [5, 5.41) is 3.07. The van der Waals surface area contributed by atoms with Gasteiger partial charge in [0.15, 0.2) is 0 Å². The maximum absolute atomic E-state index is 13.3. The molecule has 1 N–H and O–H groups in total. The molecule has 0 spiro atoms. The predicted molar refractivity (Wildman–Crippen MR) is 125 cm³/mol. The topological polar surface area (TPSA) is 58.6 Å². The van der Waals surface area contributed by atoms with Crippen molar-refractivity contribution in [3.05, 3.63) is 101 Å². The third-order valence-corrected chi connectivity index (χ3v) is 6.15. The third-order valence-electron chi connectivity index (χ3n) is 6.15. The summed E-state index contributed by atoms with van der Waals surface area (Å²) in [4.78, 5) is 28.3. The van der Waals surface area contributed by atoms with Gasteiger partial charge in [-0.2, -0.15) is 0 Å². The Bertz CT molecular complexity index is 1100. The SMILES string of the molecule is COc1cccc([C@@H]2CN(C(=O)c3ccccc3C)C[C@@H]2C(=O)NCc2ccccc2)c1. The van der Waals surface area contributed by atoms with E-state index in [1.54, 1.807) is 12.0 Å². The molecule has 3 aromatic rings. The van der Waals surface area contributed by atoms with Crippen LogP contribution in [0.4, 0.5) is 0 Å². The number of methoxy groups -OCH3 is 1. The van der Waals surface area contributed by atoms with Crippen molar-refractivity contribution < 1.29 is 14.3 Å². The van der Waals surface area contributed by atoms with Crippen LogP contribution in [0.1, 0.15) is 33.0 Å². The number of rotatable bonds is 6. The molecule has 5 nitrogen and oxygen atoms in total. The molecule has 1 fully saturated rings. The molecular weight excluding hydrogens is 400 g/mol. The molecule has 1 saturated heterocycles. The van der Waals surface area contributed by atoms with E-state index in [1.807, 2.05) is 85.8 Å². The number of hydrogen-bond acceptors (Lipinski definition) is 3. The summed E-state index contributed by atoms with van der Waals surface area (Å²) in [5.41, 5.74) is 3.67. The fourth-order valence-electron chi connectivity index (χ4n) is 4.34. The van der Waals surface area contributed by atoms with Crippen molar-refractivity contribution in [2.45, 2.75) is 19.4 Å². The van der Waals surface area contributed by atoms with Crippen molar-refractivity contribution in [2.24, 2.45) is 5.92 Å². The van der Waals surface area contributed by atoms with Crippen molar-refractivity contribution in [1.82, 2.24) is 10.2 Å². The zero-order valence-corrected chi connectivity index (χ0v) is 18.5. The van der Waals surface area contributed by atoms with Crippen LogP contribution in [0.25, 0.3) is 0 Å². The van der Waals surface area contributed by atoms with E-state index in [2.05, 4.69) is 5.32 Å². The van der Waals surface area contributed by atoms with Gasteiger partial charge in [0.1, 0.15) is 5.75 Å². The summed E-state index contributed by atoms with van der Waals surface area (Å²) in [5.74, 6) is 0.235. The number of amides is 2. The van der Waals surface area contributed by atoms with Crippen molar-refractivity contribution >= 4 is 11.8 Å². The number of aryl methyl sites for hydroxylation is 1. The number of carbonyl (C=O) groups excluding carboxylic acids is 2. The molecule has 1 heterocycles. The van der Waals surface area contributed by atoms with Crippen LogP contribution < -0.4 is 10.1 Å². The second-order valence-electron chi connectivity index (χ2n) is 8.22. The number of ether oxygens (including phenoxy) is 1. The van der Waals surface area contributed by atoms with Gasteiger partial charge in [-0.3, -0.25) is 9.59 Å². The highest BCUT2D eigenvalue weighted by Gasteiger charge is 2.40. The largest absolute Gasteiger partial charge is 0.497 e. The first kappa shape index (κ1) is 21.6. The van der Waals surface area contributed by atoms with E-state index in [1.165, 1.54) is 0 Å². The molecule has 2 amide bonds. The van der Waals surface area contributed by atoms with Gasteiger partial charge in [-0.1, -0.05) is 60.7 Å². The van der Waals surface area contributed by atoms with Crippen LogP contribution in [0.2, 0.25) is 0 Å². The Kier molecular flexibility index (Phi) is 6.55. The van der Waals surface area contributed by atoms with E-state index in [0.717, 1.165) is 22.4 Å². The number of likely N-dealkylation sites (tertiary alicyclic amines) is 1. The van der Waals surface area contributed by atoms with E-state index < -0.39 is 0 Å². The molecule has 0 aromatic heterocycles. The van der Waals surface area contributed by atoms with Gasteiger partial charge >= 0.3 is 0 Å². The maximum Gasteiger partial charge on any atom is 0.254 e. The summed E-state index contributed by atoms with van der Waals surface area (Å²) in [6, 6.07) is 25.2. The summed E-state index contributed by atoms with van der Waals surface area (Å²) in [6.07, 6.45) is 0. The van der Waals surface area contributed by atoms with E-state index >= 15 is 0 Å². The first-order valence-corrected chi connectivity index (χ1v) is 10.9. The van der Waals surface area contributed by atoms with E-state index in [-0.39, 0.29) is 23.7 Å².